The largest absolute Gasteiger partial charge is 0.306 e. The third kappa shape index (κ3) is 2.90. The molecule has 2 aromatic rings. The van der Waals surface area contributed by atoms with Gasteiger partial charge in [0.2, 0.25) is 5.95 Å². The molecule has 0 unspecified atom stereocenters. The summed E-state index contributed by atoms with van der Waals surface area (Å²) >= 11 is 0. The molecule has 0 aliphatic carbocycles. The fourth-order valence-corrected chi connectivity index (χ4v) is 1.68. The number of carbonyl (C=O) groups is 1. The van der Waals surface area contributed by atoms with Gasteiger partial charge in [-0.05, 0) is 37.6 Å². The highest BCUT2D eigenvalue weighted by Gasteiger charge is 2.16. The number of hydrogen-bond donors (Lipinski definition) is 1. The molecule has 0 atom stereocenters. The molecule has 1 N–H and O–H groups in total. The Hall–Kier alpha value is -2.37. The summed E-state index contributed by atoms with van der Waals surface area (Å²) in [7, 11) is 0. The van der Waals surface area contributed by atoms with Crippen LogP contribution in [0.1, 0.15) is 21.6 Å². The molecule has 0 spiro atoms. The number of nitrogens with one attached hydrogen (secondary N) is 1. The van der Waals surface area contributed by atoms with Gasteiger partial charge in [-0.3, -0.25) is 4.79 Å². The molecule has 0 bridgehead atoms. The number of amides is 1. The van der Waals surface area contributed by atoms with Gasteiger partial charge in [0.05, 0.1) is 5.56 Å². The molecule has 0 aliphatic heterocycles. The first kappa shape index (κ1) is 13.1. The highest BCUT2D eigenvalue weighted by molar-refractivity contribution is 6.03. The molecule has 0 saturated carbocycles. The van der Waals surface area contributed by atoms with Crippen LogP contribution >= 0.6 is 0 Å². The molecule has 0 saturated heterocycles. The number of carbonyl (C=O) groups excluding carboxylic acids is 1. The van der Waals surface area contributed by atoms with Crippen LogP contribution in [0.15, 0.2) is 24.4 Å². The van der Waals surface area contributed by atoms with Crippen LogP contribution in [0, 0.1) is 25.6 Å². The van der Waals surface area contributed by atoms with Crippen molar-refractivity contribution in [2.75, 3.05) is 5.32 Å². The van der Waals surface area contributed by atoms with E-state index in [1.807, 2.05) is 13.0 Å². The molecule has 0 aromatic carbocycles. The maximum Gasteiger partial charge on any atom is 0.260 e. The molecule has 2 aromatic heterocycles. The van der Waals surface area contributed by atoms with Gasteiger partial charge >= 0.3 is 0 Å². The standard InChI is InChI=1S/C13H11F2N3O/c1-7-5-8(2)17-10(6-7)18-13(19)9-3-4-16-12(15)11(9)14/h3-6H,1-2H3,(H,17,18,19). The average molecular weight is 263 g/mol. The van der Waals surface area contributed by atoms with E-state index < -0.39 is 23.2 Å². The average Bonchev–Trinajstić information content (AvgIpc) is 2.31. The van der Waals surface area contributed by atoms with E-state index in [-0.39, 0.29) is 0 Å². The number of nitrogens with zero attached hydrogens (tertiary/aromatic N) is 2. The van der Waals surface area contributed by atoms with Crippen molar-refractivity contribution in [2.45, 2.75) is 13.8 Å². The Morgan fingerprint density at radius 2 is 2.00 bits per heavy atom. The van der Waals surface area contributed by atoms with E-state index in [0.29, 0.717) is 5.82 Å². The van der Waals surface area contributed by atoms with Gasteiger partial charge in [0.15, 0.2) is 5.82 Å². The van der Waals surface area contributed by atoms with Crippen molar-refractivity contribution in [1.29, 1.82) is 0 Å². The Balaban J connectivity index is 2.28. The molecule has 6 heteroatoms. The number of aryl methyl sites for hydroxylation is 2. The van der Waals surface area contributed by atoms with Gasteiger partial charge in [0, 0.05) is 11.9 Å². The number of aromatic nitrogens is 2. The molecule has 98 valence electrons. The lowest BCUT2D eigenvalue weighted by Gasteiger charge is -2.07. The van der Waals surface area contributed by atoms with Crippen molar-refractivity contribution in [3.63, 3.8) is 0 Å². The quantitative estimate of drug-likeness (QED) is 0.847. The first-order valence-electron chi connectivity index (χ1n) is 5.54. The van der Waals surface area contributed by atoms with Crippen molar-refractivity contribution < 1.29 is 13.6 Å². The van der Waals surface area contributed by atoms with Gasteiger partial charge in [-0.25, -0.2) is 14.4 Å². The van der Waals surface area contributed by atoms with Crippen LogP contribution < -0.4 is 5.32 Å². The highest BCUT2D eigenvalue weighted by Crippen LogP contribution is 2.13. The minimum Gasteiger partial charge on any atom is -0.306 e. The van der Waals surface area contributed by atoms with Crippen molar-refractivity contribution >= 4 is 11.7 Å². The normalized spacial score (nSPS) is 10.3. The predicted octanol–water partition coefficient (Wildman–Crippen LogP) is 2.62. The lowest BCUT2D eigenvalue weighted by atomic mass is 10.2. The molecule has 0 fully saturated rings. The van der Waals surface area contributed by atoms with Crippen LogP contribution in [0.3, 0.4) is 0 Å². The number of rotatable bonds is 2. The van der Waals surface area contributed by atoms with Crippen molar-refractivity contribution in [1.82, 2.24) is 9.97 Å². The van der Waals surface area contributed by atoms with Gasteiger partial charge in [-0.15, -0.1) is 0 Å². The number of pyridine rings is 2. The summed E-state index contributed by atoms with van der Waals surface area (Å²) in [6.45, 7) is 3.62. The molecule has 2 rings (SSSR count). The summed E-state index contributed by atoms with van der Waals surface area (Å²) in [6.07, 6.45) is 1.03. The molecule has 4 nitrogen and oxygen atoms in total. The number of anilines is 1. The fourth-order valence-electron chi connectivity index (χ4n) is 1.68. The fraction of sp³-hybridized carbons (Fsp3) is 0.154. The molecular formula is C13H11F2N3O. The molecule has 2 heterocycles. The number of halogens is 2. The minimum atomic E-state index is -1.30. The van der Waals surface area contributed by atoms with Crippen molar-refractivity contribution in [3.8, 4) is 0 Å². The van der Waals surface area contributed by atoms with E-state index in [4.69, 9.17) is 0 Å². The zero-order valence-electron chi connectivity index (χ0n) is 10.4. The zero-order valence-corrected chi connectivity index (χ0v) is 10.4. The van der Waals surface area contributed by atoms with Crippen LogP contribution in [0.2, 0.25) is 0 Å². The Morgan fingerprint density at radius 1 is 1.26 bits per heavy atom. The van der Waals surface area contributed by atoms with Crippen LogP contribution in [-0.2, 0) is 0 Å². The van der Waals surface area contributed by atoms with Gasteiger partial charge in [0.1, 0.15) is 5.82 Å². The van der Waals surface area contributed by atoms with E-state index in [1.54, 1.807) is 13.0 Å². The maximum absolute atomic E-state index is 13.4. The summed E-state index contributed by atoms with van der Waals surface area (Å²) < 4.78 is 26.3. The third-order valence-electron chi connectivity index (χ3n) is 2.43. The predicted molar refractivity (Wildman–Crippen MR) is 65.8 cm³/mol. The molecule has 0 aliphatic rings. The van der Waals surface area contributed by atoms with Gasteiger partial charge in [-0.1, -0.05) is 0 Å². The van der Waals surface area contributed by atoms with E-state index in [1.165, 1.54) is 0 Å². The van der Waals surface area contributed by atoms with Crippen LogP contribution in [0.4, 0.5) is 14.6 Å². The molecule has 19 heavy (non-hydrogen) atoms. The van der Waals surface area contributed by atoms with Crippen molar-refractivity contribution in [3.05, 3.63) is 53.0 Å². The summed E-state index contributed by atoms with van der Waals surface area (Å²) in [6, 6.07) is 4.58. The SMILES string of the molecule is Cc1cc(C)nc(NC(=O)c2ccnc(F)c2F)c1. The second kappa shape index (κ2) is 5.09. The third-order valence-corrected chi connectivity index (χ3v) is 2.43. The molecule has 1 amide bonds. The molecule has 0 radical (unpaired) electrons. The van der Waals surface area contributed by atoms with E-state index in [9.17, 15) is 13.6 Å². The topological polar surface area (TPSA) is 54.9 Å². The van der Waals surface area contributed by atoms with E-state index in [0.717, 1.165) is 23.5 Å². The summed E-state index contributed by atoms with van der Waals surface area (Å²) in [4.78, 5) is 19.0. The summed E-state index contributed by atoms with van der Waals surface area (Å²) in [5, 5.41) is 2.42. The lowest BCUT2D eigenvalue weighted by molar-refractivity contribution is 0.102. The van der Waals surface area contributed by atoms with E-state index in [2.05, 4.69) is 15.3 Å². The van der Waals surface area contributed by atoms with E-state index >= 15 is 0 Å². The Kier molecular flexibility index (Phi) is 3.50. The maximum atomic E-state index is 13.4. The van der Waals surface area contributed by atoms with Crippen LogP contribution in [0.5, 0.6) is 0 Å². The highest BCUT2D eigenvalue weighted by atomic mass is 19.2. The smallest absolute Gasteiger partial charge is 0.260 e. The summed E-state index contributed by atoms with van der Waals surface area (Å²) in [5.74, 6) is -3.05. The van der Waals surface area contributed by atoms with Crippen LogP contribution in [-0.4, -0.2) is 15.9 Å². The summed E-state index contributed by atoms with van der Waals surface area (Å²) in [5.41, 5.74) is 1.22. The zero-order chi connectivity index (χ0) is 14.0. The Labute approximate surface area is 108 Å². The van der Waals surface area contributed by atoms with Gasteiger partial charge in [0.25, 0.3) is 5.91 Å². The lowest BCUT2D eigenvalue weighted by Crippen LogP contribution is -2.16. The van der Waals surface area contributed by atoms with Crippen molar-refractivity contribution in [2.24, 2.45) is 0 Å². The van der Waals surface area contributed by atoms with Gasteiger partial charge < -0.3 is 5.32 Å². The second-order valence-electron chi connectivity index (χ2n) is 4.09. The first-order valence-corrected chi connectivity index (χ1v) is 5.54. The first-order chi connectivity index (χ1) is 8.97. The Morgan fingerprint density at radius 3 is 2.68 bits per heavy atom. The monoisotopic (exact) mass is 263 g/mol. The Bertz CT molecular complexity index is 624. The number of hydrogen-bond acceptors (Lipinski definition) is 3. The second-order valence-corrected chi connectivity index (χ2v) is 4.09. The minimum absolute atomic E-state index is 0.291. The van der Waals surface area contributed by atoms with Crippen LogP contribution in [0.25, 0.3) is 0 Å². The molecular weight excluding hydrogens is 252 g/mol. The van der Waals surface area contributed by atoms with Gasteiger partial charge in [-0.2, -0.15) is 4.39 Å².